The van der Waals surface area contributed by atoms with E-state index in [2.05, 4.69) is 416 Å². The Morgan fingerprint density at radius 1 is 0.275 bits per heavy atom. The van der Waals surface area contributed by atoms with Crippen LogP contribution in [0, 0.1) is 0 Å². The van der Waals surface area contributed by atoms with Gasteiger partial charge >= 0.3 is 0 Å². The first-order valence-electron chi connectivity index (χ1n) is 51.7. The molecular formula is C123H163N13O2. The van der Waals surface area contributed by atoms with Crippen LogP contribution in [0.2, 0.25) is 0 Å². The highest BCUT2D eigenvalue weighted by Crippen LogP contribution is 2.44. The molecule has 2 aliphatic heterocycles. The number of fused-ring (bicyclic) bond motifs is 18. The van der Waals surface area contributed by atoms with E-state index in [0.29, 0.717) is 60.6 Å². The molecule has 0 saturated carbocycles. The molecule has 20 rings (SSSR count). The fourth-order valence-electron chi connectivity index (χ4n) is 18.5. The highest BCUT2D eigenvalue weighted by atomic mass is 16.5. The molecule has 0 amide bonds. The lowest BCUT2D eigenvalue weighted by atomic mass is 9.89. The van der Waals surface area contributed by atoms with E-state index in [9.17, 15) is 0 Å². The molecule has 8 aromatic carbocycles. The molecule has 15 aromatic rings. The molecule has 0 atom stereocenters. The Morgan fingerprint density at radius 2 is 0.652 bits per heavy atom. The Kier molecular flexibility index (Phi) is 30.4. The number of ether oxygens (including phenoxy) is 2. The molecule has 7 N–H and O–H groups in total. The smallest absolute Gasteiger partial charge is 0.130 e. The van der Waals surface area contributed by atoms with E-state index in [1.807, 2.05) is 0 Å². The molecule has 0 saturated heterocycles. The average Bonchev–Trinajstić information content (AvgIpc) is 1.64. The molecule has 7 aromatic heterocycles. The third kappa shape index (κ3) is 23.5. The quantitative estimate of drug-likeness (QED) is 0.0777. The number of H-pyrrole nitrogens is 7. The normalized spacial score (nSPS) is 13.9. The van der Waals surface area contributed by atoms with Gasteiger partial charge in [0.2, 0.25) is 0 Å². The van der Waals surface area contributed by atoms with Crippen LogP contribution in [-0.2, 0) is 90.5 Å². The van der Waals surface area contributed by atoms with Crippen LogP contribution in [0.15, 0.2) is 146 Å². The maximum absolute atomic E-state index is 5.95. The molecule has 15 nitrogen and oxygen atoms in total. The second-order valence-electron chi connectivity index (χ2n) is 48.3. The van der Waals surface area contributed by atoms with Gasteiger partial charge in [-0.1, -0.05) is 339 Å². The van der Waals surface area contributed by atoms with Crippen molar-refractivity contribution in [3.05, 3.63) is 282 Å². The summed E-state index contributed by atoms with van der Waals surface area (Å²) in [5, 5.41) is 3.88. The zero-order chi connectivity index (χ0) is 100. The van der Waals surface area contributed by atoms with Crippen LogP contribution in [0.25, 0.3) is 77.7 Å². The van der Waals surface area contributed by atoms with Gasteiger partial charge in [-0.05, 0) is 201 Å². The van der Waals surface area contributed by atoms with Gasteiger partial charge < -0.3 is 44.4 Å². The second kappa shape index (κ2) is 40.9. The third-order valence-electron chi connectivity index (χ3n) is 27.8. The predicted molar refractivity (Wildman–Crippen MR) is 581 cm³/mol. The van der Waals surface area contributed by atoms with Gasteiger partial charge in [0.05, 0.1) is 51.8 Å². The SMILES string of the molecule is CC(C)c1ccc2c(C(C)C)c[nH]c2c1.CC(C)c1ccc2c(c1)CCCc1[nH]c(C(C)(C)C)nc1-2.CC(C)c1ccc2c(c1)CCc1[nH]c(C(C)(C)C)nc1-2.CC(C)c1ccc2c(c1)Cc1[nH]c(C(C)(C)C)nc1CC2.CC(C)c1ccc2c(c1)OCCc1[nH]c(C(C)(C)C)nc1-2.CC(C)c1ccc2c(c1)OCc1[nH]c(C(C)(C)C)nc1-2.CC(C)c1ccc2c(ccc3[nH]c(C(C)(C)C)nc32)c1. The number of nitrogens with zero attached hydrogens (tertiary/aromatic N) is 6. The molecule has 0 bridgehead atoms. The first kappa shape index (κ1) is 103. The van der Waals surface area contributed by atoms with E-state index >= 15 is 0 Å². The standard InChI is InChI=1S/2C19H26N2.C18H24N2O.C18H24N2.C18H22N2.C17H22N2O.C14H19N/c1-12(2)14-7-6-13-8-9-16-17(11-15(13)10-14)21-18(20-16)19(3,4)5;1-12(2)13-9-10-15-14(11-13)7-6-8-16-17(15)21-18(20-16)19(3,4)5;1-11(2)12-6-7-13-15(10-12)21-9-8-14-16(13)20-17(19-14)18(3,4)5;2*1-11(2)12-6-8-14-13(10-12)7-9-15-16(14)20-17(19-15)18(3,4)5;1-10(2)11-6-7-12-14(8-11)20-9-13-15(12)19-16(18-13)17(3,4)5;1-9(2)11-5-6-12-13(10(3)4)8-15-14(12)7-11/h6-7,10,12H,8-9,11H2,1-5H3,(H,20,21);9-12H,6-8H2,1-5H3,(H,20,21);6-7,10-11H,8-9H2,1-5H3,(H,19,20);6,8,10-11H,7,9H2,1-5H3,(H,19,20);6-11H,1-5H3,(H,19,20);6-8,10H,9H2,1-5H3,(H,18,19);5-10,15H,1-4H3. The van der Waals surface area contributed by atoms with Gasteiger partial charge in [0.15, 0.2) is 0 Å². The van der Waals surface area contributed by atoms with Crippen molar-refractivity contribution in [1.82, 2.24) is 64.8 Å². The van der Waals surface area contributed by atoms with Crippen LogP contribution in [0.1, 0.15) is 425 Å². The van der Waals surface area contributed by atoms with Crippen LogP contribution < -0.4 is 9.47 Å². The van der Waals surface area contributed by atoms with Crippen molar-refractivity contribution in [3.8, 4) is 56.5 Å². The molecular weight excluding hydrogens is 1690 g/mol. The van der Waals surface area contributed by atoms with Crippen molar-refractivity contribution in [2.75, 3.05) is 6.61 Å². The molecule has 0 unspecified atom stereocenters. The van der Waals surface area contributed by atoms with Crippen molar-refractivity contribution in [1.29, 1.82) is 0 Å². The second-order valence-corrected chi connectivity index (χ2v) is 48.3. The highest BCUT2D eigenvalue weighted by Gasteiger charge is 2.33. The lowest BCUT2D eigenvalue weighted by Crippen LogP contribution is -2.13. The number of aromatic amines is 7. The Morgan fingerprint density at radius 3 is 1.14 bits per heavy atom. The average molecular weight is 1860 g/mol. The monoisotopic (exact) mass is 1850 g/mol. The number of imidazole rings is 6. The van der Waals surface area contributed by atoms with Crippen molar-refractivity contribution in [2.45, 2.75) is 380 Å². The topological polar surface area (TPSA) is 206 Å². The Hall–Kier alpha value is -11.3. The van der Waals surface area contributed by atoms with Crippen molar-refractivity contribution in [2.24, 2.45) is 0 Å². The lowest BCUT2D eigenvalue weighted by molar-refractivity contribution is 0.297. The van der Waals surface area contributed by atoms with E-state index in [4.69, 9.17) is 39.4 Å². The van der Waals surface area contributed by atoms with Crippen molar-refractivity contribution < 1.29 is 9.47 Å². The minimum atomic E-state index is 0.0232. The number of benzene rings is 8. The Bertz CT molecular complexity index is 6540. The predicted octanol–water partition coefficient (Wildman–Crippen LogP) is 32.5. The summed E-state index contributed by atoms with van der Waals surface area (Å²) < 4.78 is 11.8. The van der Waals surface area contributed by atoms with Gasteiger partial charge in [-0.2, -0.15) is 0 Å². The summed E-state index contributed by atoms with van der Waals surface area (Å²) in [7, 11) is 0. The summed E-state index contributed by atoms with van der Waals surface area (Å²) in [6, 6.07) is 51.6. The molecule has 5 aliphatic rings. The summed E-state index contributed by atoms with van der Waals surface area (Å²) in [4.78, 5) is 53.6. The first-order chi connectivity index (χ1) is 64.7. The summed E-state index contributed by atoms with van der Waals surface area (Å²) >= 11 is 0. The van der Waals surface area contributed by atoms with Crippen molar-refractivity contribution >= 4 is 32.7 Å². The fourth-order valence-corrected chi connectivity index (χ4v) is 18.5. The third-order valence-corrected chi connectivity index (χ3v) is 27.8. The minimum absolute atomic E-state index is 0.0232. The maximum Gasteiger partial charge on any atom is 0.130 e. The molecule has 138 heavy (non-hydrogen) atoms. The number of aryl methyl sites for hydroxylation is 6. The minimum Gasteiger partial charge on any atom is -0.492 e. The Labute approximate surface area is 826 Å². The van der Waals surface area contributed by atoms with E-state index in [-0.39, 0.29) is 32.5 Å². The number of rotatable bonds is 8. The molecule has 732 valence electrons. The van der Waals surface area contributed by atoms with Crippen molar-refractivity contribution in [3.63, 3.8) is 0 Å². The largest absolute Gasteiger partial charge is 0.492 e. The molecule has 15 heteroatoms. The van der Waals surface area contributed by atoms with E-state index in [1.54, 1.807) is 0 Å². The summed E-state index contributed by atoms with van der Waals surface area (Å²) in [5.41, 5.74) is 37.6. The Balaban J connectivity index is 0.000000129. The van der Waals surface area contributed by atoms with Crippen LogP contribution in [0.4, 0.5) is 0 Å². The van der Waals surface area contributed by atoms with Gasteiger partial charge in [-0.15, -0.1) is 0 Å². The van der Waals surface area contributed by atoms with Gasteiger partial charge in [0.1, 0.15) is 53.1 Å². The number of aromatic nitrogens is 13. The van der Waals surface area contributed by atoms with Crippen LogP contribution >= 0.6 is 0 Å². The zero-order valence-corrected chi connectivity index (χ0v) is 90.3. The fraction of sp³-hybridized carbons (Fsp3) is 0.480. The van der Waals surface area contributed by atoms with Gasteiger partial charge in [0, 0.05) is 113 Å². The van der Waals surface area contributed by atoms with E-state index < -0.39 is 0 Å². The summed E-state index contributed by atoms with van der Waals surface area (Å²) in [5.74, 6) is 12.9. The van der Waals surface area contributed by atoms with E-state index in [1.165, 1.54) is 146 Å². The molecule has 0 spiro atoms. The van der Waals surface area contributed by atoms with Crippen LogP contribution in [0.5, 0.6) is 11.5 Å². The summed E-state index contributed by atoms with van der Waals surface area (Å²) in [6.45, 7) is 76.6. The molecule has 0 radical (unpaired) electrons. The molecule has 0 fully saturated rings. The molecule has 3 aliphatic carbocycles. The molecule has 9 heterocycles. The van der Waals surface area contributed by atoms with Gasteiger partial charge in [-0.25, -0.2) is 29.9 Å². The van der Waals surface area contributed by atoms with E-state index in [0.717, 1.165) is 137 Å². The number of hydrogen-bond acceptors (Lipinski definition) is 8. The highest BCUT2D eigenvalue weighted by molar-refractivity contribution is 6.04. The van der Waals surface area contributed by atoms with Gasteiger partial charge in [0.25, 0.3) is 0 Å². The number of hydrogen-bond donors (Lipinski definition) is 7. The van der Waals surface area contributed by atoms with Crippen LogP contribution in [-0.4, -0.2) is 71.4 Å². The summed E-state index contributed by atoms with van der Waals surface area (Å²) in [6.07, 6.45) is 11.8. The van der Waals surface area contributed by atoms with Crippen LogP contribution in [0.3, 0.4) is 0 Å². The maximum atomic E-state index is 5.95. The number of nitrogens with one attached hydrogen (secondary N) is 7. The first-order valence-corrected chi connectivity index (χ1v) is 51.7. The zero-order valence-electron chi connectivity index (χ0n) is 90.3. The lowest BCUT2D eigenvalue weighted by Gasteiger charge is -2.18. The van der Waals surface area contributed by atoms with Gasteiger partial charge in [-0.3, -0.25) is 0 Å².